The summed E-state index contributed by atoms with van der Waals surface area (Å²) in [7, 11) is 0. The molecule has 0 unspecified atom stereocenters. The molecule has 2 atom stereocenters. The second-order valence-electron chi connectivity index (χ2n) is 7.43. The molecule has 4 rings (SSSR count). The van der Waals surface area contributed by atoms with Gasteiger partial charge in [0.2, 0.25) is 0 Å². The maximum absolute atomic E-state index is 14.7. The standard InChI is InChI=1S/C21H18F4N6O/c1-13(19-7-8-30(27-19)10-14-3-2-4-17(23)20(14)25)21(32,11-31-12-26-28-29-31)16-6-5-15(22)9-18(16)24/h2-9,12-13,32H,10-11H2,1H3/t13-,21+/m0/s1. The first-order valence-corrected chi connectivity index (χ1v) is 9.63. The zero-order valence-electron chi connectivity index (χ0n) is 16.8. The molecule has 0 aliphatic carbocycles. The molecule has 0 aliphatic heterocycles. The molecule has 2 heterocycles. The lowest BCUT2D eigenvalue weighted by Gasteiger charge is -2.33. The largest absolute Gasteiger partial charge is 0.382 e. The van der Waals surface area contributed by atoms with Gasteiger partial charge in [0.1, 0.15) is 23.6 Å². The van der Waals surface area contributed by atoms with Crippen molar-refractivity contribution in [2.75, 3.05) is 0 Å². The lowest BCUT2D eigenvalue weighted by atomic mass is 9.80. The molecule has 2 aromatic carbocycles. The van der Waals surface area contributed by atoms with Gasteiger partial charge in [0.05, 0.1) is 18.8 Å². The van der Waals surface area contributed by atoms with Gasteiger partial charge in [-0.3, -0.25) is 4.68 Å². The van der Waals surface area contributed by atoms with Crippen LogP contribution in [0.1, 0.15) is 29.7 Å². The Balaban J connectivity index is 1.68. The molecule has 4 aromatic rings. The van der Waals surface area contributed by atoms with Crippen molar-refractivity contribution in [2.45, 2.75) is 31.5 Å². The predicted molar refractivity (Wildman–Crippen MR) is 104 cm³/mol. The van der Waals surface area contributed by atoms with Gasteiger partial charge in [0, 0.05) is 29.3 Å². The van der Waals surface area contributed by atoms with Crippen LogP contribution in [-0.2, 0) is 18.7 Å². The summed E-state index contributed by atoms with van der Waals surface area (Å²) >= 11 is 0. The Hall–Kier alpha value is -3.60. The van der Waals surface area contributed by atoms with Crippen LogP contribution >= 0.6 is 0 Å². The number of aliphatic hydroxyl groups is 1. The molecule has 0 saturated carbocycles. The predicted octanol–water partition coefficient (Wildman–Crippen LogP) is 3.17. The van der Waals surface area contributed by atoms with E-state index >= 15 is 0 Å². The van der Waals surface area contributed by atoms with Crippen LogP contribution < -0.4 is 0 Å². The van der Waals surface area contributed by atoms with Crippen molar-refractivity contribution in [3.63, 3.8) is 0 Å². The highest BCUT2D eigenvalue weighted by molar-refractivity contribution is 5.30. The van der Waals surface area contributed by atoms with Gasteiger partial charge in [-0.05, 0) is 28.6 Å². The van der Waals surface area contributed by atoms with Crippen molar-refractivity contribution in [1.82, 2.24) is 30.0 Å². The highest BCUT2D eigenvalue weighted by Gasteiger charge is 2.41. The highest BCUT2D eigenvalue weighted by Crippen LogP contribution is 2.39. The summed E-state index contributed by atoms with van der Waals surface area (Å²) in [5.41, 5.74) is -1.62. The van der Waals surface area contributed by atoms with Gasteiger partial charge in [0.15, 0.2) is 11.6 Å². The molecule has 0 saturated heterocycles. The zero-order chi connectivity index (χ0) is 22.9. The first-order chi connectivity index (χ1) is 15.3. The van der Waals surface area contributed by atoms with Crippen molar-refractivity contribution in [3.05, 3.63) is 95.1 Å². The van der Waals surface area contributed by atoms with Crippen molar-refractivity contribution in [1.29, 1.82) is 0 Å². The molecular formula is C21H18F4N6O. The molecule has 0 bridgehead atoms. The summed E-state index contributed by atoms with van der Waals surface area (Å²) in [5, 5.41) is 26.7. The summed E-state index contributed by atoms with van der Waals surface area (Å²) in [5.74, 6) is -4.48. The third-order valence-electron chi connectivity index (χ3n) is 5.38. The van der Waals surface area contributed by atoms with Crippen LogP contribution in [0.5, 0.6) is 0 Å². The maximum atomic E-state index is 14.7. The van der Waals surface area contributed by atoms with Gasteiger partial charge < -0.3 is 5.11 Å². The first-order valence-electron chi connectivity index (χ1n) is 9.63. The summed E-state index contributed by atoms with van der Waals surface area (Å²) < 4.78 is 58.2. The van der Waals surface area contributed by atoms with E-state index in [-0.39, 0.29) is 24.2 Å². The van der Waals surface area contributed by atoms with E-state index in [4.69, 9.17) is 0 Å². The Bertz CT molecular complexity index is 1230. The monoisotopic (exact) mass is 446 g/mol. The third kappa shape index (κ3) is 4.11. The molecule has 1 N–H and O–H groups in total. The summed E-state index contributed by atoms with van der Waals surface area (Å²) in [4.78, 5) is 0. The van der Waals surface area contributed by atoms with E-state index in [9.17, 15) is 22.7 Å². The van der Waals surface area contributed by atoms with Gasteiger partial charge in [0.25, 0.3) is 0 Å². The van der Waals surface area contributed by atoms with E-state index in [0.717, 1.165) is 18.2 Å². The average Bonchev–Trinajstić information content (AvgIpc) is 3.43. The fourth-order valence-corrected chi connectivity index (χ4v) is 3.58. The second kappa shape index (κ2) is 8.50. The highest BCUT2D eigenvalue weighted by atomic mass is 19.2. The molecule has 7 nitrogen and oxygen atoms in total. The number of hydrogen-bond donors (Lipinski definition) is 1. The molecule has 11 heteroatoms. The van der Waals surface area contributed by atoms with Gasteiger partial charge >= 0.3 is 0 Å². The van der Waals surface area contributed by atoms with E-state index in [1.165, 1.54) is 34.0 Å². The smallest absolute Gasteiger partial charge is 0.163 e. The van der Waals surface area contributed by atoms with Crippen LogP contribution in [0.2, 0.25) is 0 Å². The minimum absolute atomic E-state index is 0.0490. The molecule has 0 fully saturated rings. The third-order valence-corrected chi connectivity index (χ3v) is 5.38. The summed E-state index contributed by atoms with van der Waals surface area (Å²) in [6, 6.07) is 8.30. The van der Waals surface area contributed by atoms with E-state index in [1.807, 2.05) is 0 Å². The Morgan fingerprint density at radius 1 is 1.03 bits per heavy atom. The van der Waals surface area contributed by atoms with E-state index in [1.54, 1.807) is 13.0 Å². The molecule has 32 heavy (non-hydrogen) atoms. The van der Waals surface area contributed by atoms with Crippen molar-refractivity contribution >= 4 is 0 Å². The first kappa shape index (κ1) is 21.6. The number of tetrazole rings is 1. The molecule has 0 aliphatic rings. The quantitative estimate of drug-likeness (QED) is 0.441. The van der Waals surface area contributed by atoms with Crippen LogP contribution in [-0.4, -0.2) is 35.1 Å². The fourth-order valence-electron chi connectivity index (χ4n) is 3.58. The number of benzene rings is 2. The number of aromatic nitrogens is 6. The van der Waals surface area contributed by atoms with E-state index < -0.39 is 34.8 Å². The molecular weight excluding hydrogens is 428 g/mol. The van der Waals surface area contributed by atoms with Crippen LogP contribution in [0.25, 0.3) is 0 Å². The Labute approximate surface area is 179 Å². The van der Waals surface area contributed by atoms with Gasteiger partial charge in [-0.2, -0.15) is 5.10 Å². The maximum Gasteiger partial charge on any atom is 0.163 e. The van der Waals surface area contributed by atoms with E-state index in [2.05, 4.69) is 20.6 Å². The number of nitrogens with zero attached hydrogens (tertiary/aromatic N) is 6. The normalized spacial score (nSPS) is 14.3. The lowest BCUT2D eigenvalue weighted by molar-refractivity contribution is -0.0128. The molecule has 2 aromatic heterocycles. The molecule has 0 spiro atoms. The molecule has 166 valence electrons. The number of rotatable bonds is 7. The van der Waals surface area contributed by atoms with Gasteiger partial charge in [-0.25, -0.2) is 22.2 Å². The van der Waals surface area contributed by atoms with Crippen molar-refractivity contribution < 1.29 is 22.7 Å². The average molecular weight is 446 g/mol. The minimum Gasteiger partial charge on any atom is -0.382 e. The fraction of sp³-hybridized carbons (Fsp3) is 0.238. The minimum atomic E-state index is -1.91. The van der Waals surface area contributed by atoms with Crippen LogP contribution in [0, 0.1) is 23.3 Å². The van der Waals surface area contributed by atoms with Gasteiger partial charge in [-0.1, -0.05) is 25.1 Å². The Morgan fingerprint density at radius 2 is 1.84 bits per heavy atom. The van der Waals surface area contributed by atoms with Gasteiger partial charge in [-0.15, -0.1) is 5.10 Å². The SMILES string of the molecule is C[C@@H](c1ccn(Cc2cccc(F)c2F)n1)[C@](O)(Cn1cnnn1)c1ccc(F)cc1F. The van der Waals surface area contributed by atoms with E-state index in [0.29, 0.717) is 11.8 Å². The molecule has 0 radical (unpaired) electrons. The number of halogens is 4. The lowest BCUT2D eigenvalue weighted by Crippen LogP contribution is -2.38. The summed E-state index contributed by atoms with van der Waals surface area (Å²) in [6.07, 6.45) is 2.79. The Kier molecular flexibility index (Phi) is 5.74. The van der Waals surface area contributed by atoms with Crippen molar-refractivity contribution in [2.24, 2.45) is 0 Å². The summed E-state index contributed by atoms with van der Waals surface area (Å²) in [6.45, 7) is 1.32. The second-order valence-corrected chi connectivity index (χ2v) is 7.43. The van der Waals surface area contributed by atoms with Crippen LogP contribution in [0.4, 0.5) is 17.6 Å². The topological polar surface area (TPSA) is 81.6 Å². The van der Waals surface area contributed by atoms with Crippen LogP contribution in [0.15, 0.2) is 55.0 Å². The molecule has 0 amide bonds. The number of hydrogen-bond acceptors (Lipinski definition) is 5. The Morgan fingerprint density at radius 3 is 2.56 bits per heavy atom. The van der Waals surface area contributed by atoms with Crippen molar-refractivity contribution in [3.8, 4) is 0 Å². The van der Waals surface area contributed by atoms with Crippen LogP contribution in [0.3, 0.4) is 0 Å². The zero-order valence-corrected chi connectivity index (χ0v) is 16.8.